The Bertz CT molecular complexity index is 299. The van der Waals surface area contributed by atoms with Crippen LogP contribution < -0.4 is 10.4 Å². The highest BCUT2D eigenvalue weighted by atomic mass is 16.4. The molecule has 0 saturated carbocycles. The number of hydrogen-bond acceptors (Lipinski definition) is 3. The molecule has 104 valence electrons. The molecule has 0 bridgehead atoms. The van der Waals surface area contributed by atoms with Crippen LogP contribution in [-0.2, 0) is 4.79 Å². The molecule has 1 aliphatic heterocycles. The minimum absolute atomic E-state index is 0.123. The monoisotopic (exact) mass is 255 g/mol. The summed E-state index contributed by atoms with van der Waals surface area (Å²) in [6.45, 7) is 7.27. The van der Waals surface area contributed by atoms with E-state index in [4.69, 9.17) is 0 Å². The van der Waals surface area contributed by atoms with Crippen LogP contribution in [0.2, 0.25) is 0 Å². The van der Waals surface area contributed by atoms with Crippen molar-refractivity contribution in [3.05, 3.63) is 0 Å². The van der Waals surface area contributed by atoms with Crippen LogP contribution in [0.5, 0.6) is 0 Å². The standard InChI is InChI=1S/C13H24N2O3/c1-4-10(3)11(12(16)17)14-13(18)15-7-5-9(2)6-8-15/h9-11H,4-8H2,1-3H3,(H,14,18)(H,16,17)/p-1/t10-,11+/m1/s1. The van der Waals surface area contributed by atoms with Crippen LogP contribution in [0, 0.1) is 11.8 Å². The van der Waals surface area contributed by atoms with Gasteiger partial charge in [-0.15, -0.1) is 0 Å². The van der Waals surface area contributed by atoms with Gasteiger partial charge in [0.1, 0.15) is 0 Å². The number of carbonyl (C=O) groups excluding carboxylic acids is 2. The van der Waals surface area contributed by atoms with Crippen molar-refractivity contribution in [3.8, 4) is 0 Å². The normalized spacial score (nSPS) is 20.3. The van der Waals surface area contributed by atoms with Crippen molar-refractivity contribution in [1.29, 1.82) is 0 Å². The van der Waals surface area contributed by atoms with Crippen LogP contribution in [0.25, 0.3) is 0 Å². The van der Waals surface area contributed by atoms with Crippen molar-refractivity contribution in [2.75, 3.05) is 13.1 Å². The number of piperidine rings is 1. The van der Waals surface area contributed by atoms with E-state index in [1.165, 1.54) is 0 Å². The zero-order chi connectivity index (χ0) is 13.7. The molecular weight excluding hydrogens is 232 g/mol. The van der Waals surface area contributed by atoms with E-state index in [1.807, 2.05) is 6.92 Å². The van der Waals surface area contributed by atoms with Gasteiger partial charge in [0.05, 0.1) is 12.0 Å². The summed E-state index contributed by atoms with van der Waals surface area (Å²) in [6.07, 6.45) is 2.65. The maximum Gasteiger partial charge on any atom is 0.317 e. The molecule has 1 rings (SSSR count). The average molecular weight is 255 g/mol. The fraction of sp³-hybridized carbons (Fsp3) is 0.846. The molecule has 1 heterocycles. The van der Waals surface area contributed by atoms with Crippen LogP contribution in [0.3, 0.4) is 0 Å². The van der Waals surface area contributed by atoms with Gasteiger partial charge in [-0.3, -0.25) is 0 Å². The Balaban J connectivity index is 2.53. The third-order valence-electron chi connectivity index (χ3n) is 3.82. The number of carboxylic acids is 1. The average Bonchev–Trinajstić information content (AvgIpc) is 2.35. The summed E-state index contributed by atoms with van der Waals surface area (Å²) < 4.78 is 0. The third kappa shape index (κ3) is 3.89. The Hall–Kier alpha value is -1.26. The summed E-state index contributed by atoms with van der Waals surface area (Å²) in [6, 6.07) is -1.18. The molecule has 18 heavy (non-hydrogen) atoms. The molecular formula is C13H23N2O3-. The van der Waals surface area contributed by atoms with Gasteiger partial charge in [-0.1, -0.05) is 27.2 Å². The zero-order valence-corrected chi connectivity index (χ0v) is 11.4. The van der Waals surface area contributed by atoms with Gasteiger partial charge in [-0.2, -0.15) is 0 Å². The Morgan fingerprint density at radius 3 is 2.39 bits per heavy atom. The van der Waals surface area contributed by atoms with E-state index in [2.05, 4.69) is 12.2 Å². The van der Waals surface area contributed by atoms with Crippen molar-refractivity contribution < 1.29 is 14.7 Å². The minimum Gasteiger partial charge on any atom is -0.548 e. The van der Waals surface area contributed by atoms with Crippen molar-refractivity contribution in [2.45, 2.75) is 46.1 Å². The fourth-order valence-corrected chi connectivity index (χ4v) is 2.11. The highest BCUT2D eigenvalue weighted by molar-refractivity contribution is 5.81. The summed E-state index contributed by atoms with van der Waals surface area (Å²) in [5.74, 6) is -0.689. The predicted octanol–water partition coefficient (Wildman–Crippen LogP) is 0.593. The molecule has 0 aromatic heterocycles. The number of aliphatic carboxylic acids is 1. The minimum atomic E-state index is -1.21. The molecule has 5 nitrogen and oxygen atoms in total. The number of likely N-dealkylation sites (tertiary alicyclic amines) is 1. The number of carboxylic acid groups (broad SMARTS) is 1. The van der Waals surface area contributed by atoms with Gasteiger partial charge in [0.2, 0.25) is 0 Å². The van der Waals surface area contributed by atoms with Gasteiger partial charge in [0, 0.05) is 13.1 Å². The highest BCUT2D eigenvalue weighted by Crippen LogP contribution is 2.16. The predicted molar refractivity (Wildman–Crippen MR) is 66.8 cm³/mol. The van der Waals surface area contributed by atoms with Gasteiger partial charge >= 0.3 is 6.03 Å². The van der Waals surface area contributed by atoms with Crippen molar-refractivity contribution >= 4 is 12.0 Å². The van der Waals surface area contributed by atoms with Crippen LogP contribution in [0.1, 0.15) is 40.0 Å². The fourth-order valence-electron chi connectivity index (χ4n) is 2.11. The molecule has 2 amide bonds. The first-order valence-electron chi connectivity index (χ1n) is 6.72. The lowest BCUT2D eigenvalue weighted by atomic mass is 9.98. The van der Waals surface area contributed by atoms with E-state index in [0.717, 1.165) is 12.8 Å². The summed E-state index contributed by atoms with van der Waals surface area (Å²) in [4.78, 5) is 24.7. The summed E-state index contributed by atoms with van der Waals surface area (Å²) in [5, 5.41) is 13.6. The number of rotatable bonds is 4. The number of amides is 2. The second kappa shape index (κ2) is 6.61. The second-order valence-electron chi connectivity index (χ2n) is 5.30. The first-order chi connectivity index (χ1) is 8.45. The topological polar surface area (TPSA) is 72.5 Å². The Morgan fingerprint density at radius 1 is 1.39 bits per heavy atom. The first kappa shape index (κ1) is 14.8. The Labute approximate surface area is 109 Å². The lowest BCUT2D eigenvalue weighted by Gasteiger charge is -2.33. The number of carbonyl (C=O) groups is 2. The first-order valence-corrected chi connectivity index (χ1v) is 6.72. The molecule has 0 unspecified atom stereocenters. The van der Waals surface area contributed by atoms with Crippen molar-refractivity contribution in [1.82, 2.24) is 10.2 Å². The molecule has 1 N–H and O–H groups in total. The van der Waals surface area contributed by atoms with E-state index >= 15 is 0 Å². The maximum atomic E-state index is 12.0. The molecule has 1 saturated heterocycles. The van der Waals surface area contributed by atoms with E-state index in [-0.39, 0.29) is 11.9 Å². The van der Waals surface area contributed by atoms with E-state index in [1.54, 1.807) is 11.8 Å². The zero-order valence-electron chi connectivity index (χ0n) is 11.4. The smallest absolute Gasteiger partial charge is 0.317 e. The molecule has 0 spiro atoms. The number of nitrogens with one attached hydrogen (secondary N) is 1. The molecule has 0 radical (unpaired) electrons. The van der Waals surface area contributed by atoms with Gasteiger partial charge < -0.3 is 20.1 Å². The van der Waals surface area contributed by atoms with Crippen LogP contribution in [0.15, 0.2) is 0 Å². The Morgan fingerprint density at radius 2 is 1.94 bits per heavy atom. The van der Waals surface area contributed by atoms with E-state index in [0.29, 0.717) is 25.4 Å². The molecule has 5 heteroatoms. The molecule has 0 aromatic rings. The van der Waals surface area contributed by atoms with Gasteiger partial charge in [0.25, 0.3) is 0 Å². The van der Waals surface area contributed by atoms with Crippen LogP contribution in [0.4, 0.5) is 4.79 Å². The SMILES string of the molecule is CC[C@@H](C)[C@H](NC(=O)N1CCC(C)CC1)C(=O)[O-]. The van der Waals surface area contributed by atoms with Gasteiger partial charge in [-0.25, -0.2) is 4.79 Å². The van der Waals surface area contributed by atoms with E-state index < -0.39 is 12.0 Å². The number of hydrogen-bond donors (Lipinski definition) is 1. The number of urea groups is 1. The lowest BCUT2D eigenvalue weighted by Crippen LogP contribution is -2.55. The summed E-state index contributed by atoms with van der Waals surface area (Å²) >= 11 is 0. The van der Waals surface area contributed by atoms with Gasteiger partial charge in [-0.05, 0) is 24.7 Å². The van der Waals surface area contributed by atoms with Crippen molar-refractivity contribution in [2.24, 2.45) is 11.8 Å². The maximum absolute atomic E-state index is 12.0. The second-order valence-corrected chi connectivity index (χ2v) is 5.30. The largest absolute Gasteiger partial charge is 0.548 e. The van der Waals surface area contributed by atoms with Gasteiger partial charge in [0.15, 0.2) is 0 Å². The molecule has 1 fully saturated rings. The van der Waals surface area contributed by atoms with Crippen LogP contribution >= 0.6 is 0 Å². The molecule has 1 aliphatic rings. The summed E-state index contributed by atoms with van der Waals surface area (Å²) in [7, 11) is 0. The lowest BCUT2D eigenvalue weighted by molar-refractivity contribution is -0.309. The van der Waals surface area contributed by atoms with E-state index in [9.17, 15) is 14.7 Å². The molecule has 2 atom stereocenters. The van der Waals surface area contributed by atoms with Crippen molar-refractivity contribution in [3.63, 3.8) is 0 Å². The Kier molecular flexibility index (Phi) is 5.44. The highest BCUT2D eigenvalue weighted by Gasteiger charge is 2.24. The number of nitrogens with zero attached hydrogens (tertiary/aromatic N) is 1. The third-order valence-corrected chi connectivity index (χ3v) is 3.82. The summed E-state index contributed by atoms with van der Waals surface area (Å²) in [5.41, 5.74) is 0. The molecule has 0 aliphatic carbocycles. The molecule has 0 aromatic carbocycles. The quantitative estimate of drug-likeness (QED) is 0.799. The van der Waals surface area contributed by atoms with Crippen LogP contribution in [-0.4, -0.2) is 36.0 Å².